The molecule has 0 saturated heterocycles. The quantitative estimate of drug-likeness (QED) is 0.293. The Bertz CT molecular complexity index is 1820. The summed E-state index contributed by atoms with van der Waals surface area (Å²) in [6, 6.07) is 8.02. The molecule has 3 heterocycles. The van der Waals surface area contributed by atoms with Crippen LogP contribution in [0.4, 0.5) is 32.0 Å². The fourth-order valence-corrected chi connectivity index (χ4v) is 5.79. The van der Waals surface area contributed by atoms with E-state index in [2.05, 4.69) is 24.9 Å². The van der Waals surface area contributed by atoms with Crippen molar-refractivity contribution < 1.29 is 48.5 Å². The number of sulfone groups is 1. The summed E-state index contributed by atoms with van der Waals surface area (Å²) < 4.78 is 114. The number of amides is 1. The number of rotatable bonds is 6. The van der Waals surface area contributed by atoms with Gasteiger partial charge in [0.05, 0.1) is 28.9 Å². The summed E-state index contributed by atoms with van der Waals surface area (Å²) >= 11 is 0. The molecule has 4 aromatic rings. The molecule has 1 unspecified atom stereocenters. The lowest BCUT2D eigenvalue weighted by atomic mass is 10.0. The maximum atomic E-state index is 13.4. The van der Waals surface area contributed by atoms with Gasteiger partial charge in [0, 0.05) is 11.1 Å². The molecule has 2 aromatic carbocycles. The summed E-state index contributed by atoms with van der Waals surface area (Å²) in [5.74, 6) is -3.59. The average Bonchev–Trinajstić information content (AvgIpc) is 3.59. The van der Waals surface area contributed by atoms with E-state index in [1.54, 1.807) is 0 Å². The fraction of sp³-hybridized carbons (Fsp3) is 0.320. The fourth-order valence-electron chi connectivity index (χ4n) is 4.23. The van der Waals surface area contributed by atoms with Crippen LogP contribution in [0.5, 0.6) is 0 Å². The third-order valence-electron chi connectivity index (χ3n) is 6.64. The number of fused-ring (bicyclic) bond motifs is 1. The van der Waals surface area contributed by atoms with Gasteiger partial charge >= 0.3 is 12.4 Å². The molecule has 19 heteroatoms. The van der Waals surface area contributed by atoms with Gasteiger partial charge in [-0.25, -0.2) is 8.42 Å². The molecule has 5 rings (SSSR count). The maximum Gasteiger partial charge on any atom is 0.415 e. The third kappa shape index (κ3) is 6.02. The number of hydrogen-bond acceptors (Lipinski definition) is 11. The topological polar surface area (TPSA) is 184 Å². The minimum absolute atomic E-state index is 0.00828. The van der Waals surface area contributed by atoms with Gasteiger partial charge in [-0.2, -0.15) is 31.3 Å². The Morgan fingerprint density at radius 3 is 2.32 bits per heavy atom. The second-order valence-electron chi connectivity index (χ2n) is 10.1. The molecule has 0 radical (unpaired) electrons. The molecule has 0 saturated carbocycles. The van der Waals surface area contributed by atoms with Crippen LogP contribution in [0.25, 0.3) is 22.8 Å². The van der Waals surface area contributed by atoms with Crippen molar-refractivity contribution in [1.82, 2.24) is 20.3 Å². The lowest BCUT2D eigenvalue weighted by Crippen LogP contribution is -2.48. The first-order valence-electron chi connectivity index (χ1n) is 12.5. The number of benzene rings is 2. The van der Waals surface area contributed by atoms with Gasteiger partial charge in [-0.15, -0.1) is 10.2 Å². The average molecular weight is 646 g/mol. The number of nitrogens with zero attached hydrogens (tertiary/aromatic N) is 5. The van der Waals surface area contributed by atoms with Crippen molar-refractivity contribution in [2.45, 2.75) is 48.7 Å². The van der Waals surface area contributed by atoms with Crippen molar-refractivity contribution in [3.05, 3.63) is 59.8 Å². The number of alkyl halides is 6. The van der Waals surface area contributed by atoms with Crippen LogP contribution in [-0.2, 0) is 33.1 Å². The molecule has 2 aromatic heterocycles. The summed E-state index contributed by atoms with van der Waals surface area (Å²) in [6.45, 7) is 0.412. The molecule has 1 amide bonds. The number of halogens is 6. The van der Waals surface area contributed by atoms with E-state index in [1.807, 2.05) is 0 Å². The molecule has 44 heavy (non-hydrogen) atoms. The summed E-state index contributed by atoms with van der Waals surface area (Å²) in [7, 11) is -4.11. The predicted octanol–water partition coefficient (Wildman–Crippen LogP) is 3.28. The molecule has 0 aliphatic carbocycles. The van der Waals surface area contributed by atoms with Gasteiger partial charge < -0.3 is 25.3 Å². The minimum Gasteiger partial charge on any atom is -0.418 e. The van der Waals surface area contributed by atoms with E-state index in [-0.39, 0.29) is 28.5 Å². The number of anilines is 1. The molecule has 1 aliphatic heterocycles. The van der Waals surface area contributed by atoms with E-state index >= 15 is 0 Å². The Morgan fingerprint density at radius 1 is 1.02 bits per heavy atom. The molecular weight excluding hydrogens is 624 g/mol. The van der Waals surface area contributed by atoms with Crippen molar-refractivity contribution in [3.63, 3.8) is 0 Å². The van der Waals surface area contributed by atoms with E-state index in [1.165, 1.54) is 36.4 Å². The normalized spacial score (nSPS) is 18.5. The van der Waals surface area contributed by atoms with Crippen molar-refractivity contribution in [1.29, 1.82) is 0 Å². The smallest absolute Gasteiger partial charge is 0.415 e. The first-order chi connectivity index (χ1) is 20.4. The summed E-state index contributed by atoms with van der Waals surface area (Å²) in [6.07, 6.45) is -10.9. The van der Waals surface area contributed by atoms with Crippen LogP contribution >= 0.6 is 0 Å². The first-order valence-corrected chi connectivity index (χ1v) is 14.1. The summed E-state index contributed by atoms with van der Waals surface area (Å²) in [4.78, 5) is 17.8. The lowest BCUT2D eigenvalue weighted by molar-refractivity contribution is -0.190. The van der Waals surface area contributed by atoms with E-state index in [9.17, 15) is 39.6 Å². The zero-order chi connectivity index (χ0) is 32.2. The van der Waals surface area contributed by atoms with Crippen molar-refractivity contribution in [3.8, 4) is 22.8 Å². The minimum atomic E-state index is -4.93. The van der Waals surface area contributed by atoms with Gasteiger partial charge in [0.15, 0.2) is 15.4 Å². The van der Waals surface area contributed by atoms with Crippen LogP contribution in [-0.4, -0.2) is 58.8 Å². The number of aromatic nitrogens is 4. The SMILES string of the molecule is CC(N)(c1nnc(-c2ccc3c(c2)N(Cc2ccc(-c4noc(CC(F)(F)F)n4)cc2)C(=O)[C@@H](N)CS3(=O)=O)o1)C(F)(F)F. The van der Waals surface area contributed by atoms with Gasteiger partial charge in [-0.1, -0.05) is 29.4 Å². The van der Waals surface area contributed by atoms with Crippen LogP contribution < -0.4 is 16.4 Å². The van der Waals surface area contributed by atoms with Crippen molar-refractivity contribution in [2.75, 3.05) is 10.7 Å². The molecule has 1 aliphatic rings. The number of hydrogen-bond donors (Lipinski definition) is 2. The zero-order valence-corrected chi connectivity index (χ0v) is 23.2. The Kier molecular flexibility index (Phi) is 7.53. The lowest BCUT2D eigenvalue weighted by Gasteiger charge is -2.24. The van der Waals surface area contributed by atoms with Crippen LogP contribution in [0.1, 0.15) is 24.3 Å². The number of carbonyl (C=O) groups is 1. The highest BCUT2D eigenvalue weighted by Crippen LogP contribution is 2.39. The second kappa shape index (κ2) is 10.7. The van der Waals surface area contributed by atoms with Gasteiger partial charge in [-0.05, 0) is 30.7 Å². The highest BCUT2D eigenvalue weighted by Gasteiger charge is 2.53. The van der Waals surface area contributed by atoms with Crippen molar-refractivity contribution >= 4 is 21.4 Å². The van der Waals surface area contributed by atoms with Crippen LogP contribution in [0.3, 0.4) is 0 Å². The Balaban J connectivity index is 1.49. The molecular formula is C25H21F6N7O5S. The number of carbonyl (C=O) groups excluding carboxylic acids is 1. The van der Waals surface area contributed by atoms with Crippen LogP contribution in [0, 0.1) is 0 Å². The van der Waals surface area contributed by atoms with Gasteiger partial charge in [-0.3, -0.25) is 4.79 Å². The molecule has 4 N–H and O–H groups in total. The van der Waals surface area contributed by atoms with Crippen molar-refractivity contribution in [2.24, 2.45) is 11.5 Å². The highest BCUT2D eigenvalue weighted by molar-refractivity contribution is 7.91. The Hall–Kier alpha value is -4.36. The largest absolute Gasteiger partial charge is 0.418 e. The Morgan fingerprint density at radius 2 is 1.68 bits per heavy atom. The molecule has 12 nitrogen and oxygen atoms in total. The first kappa shape index (κ1) is 31.1. The van der Waals surface area contributed by atoms with E-state index in [0.29, 0.717) is 18.1 Å². The highest BCUT2D eigenvalue weighted by atomic mass is 32.2. The van der Waals surface area contributed by atoms with Gasteiger partial charge in [0.1, 0.15) is 6.42 Å². The molecule has 0 fully saturated rings. The van der Waals surface area contributed by atoms with Crippen LogP contribution in [0.15, 0.2) is 56.3 Å². The Labute approximate surface area is 243 Å². The standard InChI is InChI=1S/C25H21F6N7O5S/c1-23(33,25(29,30)31)22-36-35-20(42-22)14-6-7-17-16(8-14)38(21(39)15(32)11-44(17,40)41)10-12-2-4-13(5-3-12)19-34-18(43-37-19)9-24(26,27)28/h2-8,15H,9-11,32-33H2,1H3/t15-,23?/m0/s1. The van der Waals surface area contributed by atoms with E-state index < -0.39 is 69.5 Å². The molecule has 234 valence electrons. The molecule has 0 spiro atoms. The summed E-state index contributed by atoms with van der Waals surface area (Å²) in [5.41, 5.74) is 8.89. The predicted molar refractivity (Wildman–Crippen MR) is 138 cm³/mol. The van der Waals surface area contributed by atoms with Crippen LogP contribution in [0.2, 0.25) is 0 Å². The van der Waals surface area contributed by atoms with Gasteiger partial charge in [0.2, 0.25) is 29.4 Å². The van der Waals surface area contributed by atoms with Gasteiger partial charge in [0.25, 0.3) is 0 Å². The number of nitrogens with two attached hydrogens (primary N) is 2. The van der Waals surface area contributed by atoms with E-state index in [4.69, 9.17) is 15.9 Å². The monoisotopic (exact) mass is 645 g/mol. The second-order valence-corrected chi connectivity index (χ2v) is 12.1. The maximum absolute atomic E-state index is 13.4. The molecule has 2 atom stereocenters. The van der Waals surface area contributed by atoms with E-state index in [0.717, 1.165) is 11.0 Å². The summed E-state index contributed by atoms with van der Waals surface area (Å²) in [5, 5.41) is 10.6. The zero-order valence-electron chi connectivity index (χ0n) is 22.3. The molecule has 0 bridgehead atoms. The third-order valence-corrected chi connectivity index (χ3v) is 8.46.